The summed E-state index contributed by atoms with van der Waals surface area (Å²) in [6, 6.07) is 2.24. The van der Waals surface area contributed by atoms with Crippen molar-refractivity contribution in [2.75, 3.05) is 13.1 Å². The molecule has 0 bridgehead atoms. The van der Waals surface area contributed by atoms with Crippen LogP contribution >= 0.6 is 0 Å². The molecule has 2 fully saturated rings. The number of fused-ring (bicyclic) bond motifs is 1. The molecule has 1 aliphatic carbocycles. The Balaban J connectivity index is 0.00000222. The second-order valence-corrected chi connectivity index (χ2v) is 15.8. The molecule has 13 nitrogen and oxygen atoms in total. The lowest BCUT2D eigenvalue weighted by atomic mass is 9.80. The van der Waals surface area contributed by atoms with Crippen LogP contribution in [0.25, 0.3) is 0 Å². The largest absolute Gasteiger partial charge is 0.363 e. The number of urea groups is 1. The third kappa shape index (κ3) is 12.1. The predicted octanol–water partition coefficient (Wildman–Crippen LogP) is 5.21. The van der Waals surface area contributed by atoms with E-state index < -0.39 is 76.3 Å². The standard InChI is InChI=1S/C34H48N6O7.C3H8.C2H6.CH4/c1-33(2,3)24(18-40-29(44)20-13-7-8-14-21(20)30(40)45)37-32(47)38-26(34(4,5)6)31(46)39-16-10-15-23(39)28(43)36-22(25(41)27(35)42)17-19-11-9-12-19;1-3-2;1-2;/h7-8,13-14,19,22-24,26H,9-12,15-18H2,1-6H3,(H2,35,42)(H,36,43)(H2,37,38,47);3H2,1-2H3;1-2H3;1H4. The van der Waals surface area contributed by atoms with Crippen LogP contribution in [-0.4, -0.2) is 88.4 Å². The number of rotatable bonds is 11. The lowest BCUT2D eigenvalue weighted by Crippen LogP contribution is -2.62. The molecule has 13 heteroatoms. The first kappa shape index (κ1) is 46.7. The van der Waals surface area contributed by atoms with E-state index in [4.69, 9.17) is 5.73 Å². The maximum absolute atomic E-state index is 14.0. The molecule has 1 saturated heterocycles. The highest BCUT2D eigenvalue weighted by molar-refractivity contribution is 6.37. The van der Waals surface area contributed by atoms with Crippen LogP contribution in [0.2, 0.25) is 0 Å². The van der Waals surface area contributed by atoms with Crippen LogP contribution < -0.4 is 21.7 Å². The van der Waals surface area contributed by atoms with E-state index in [1.54, 1.807) is 45.0 Å². The maximum atomic E-state index is 14.0. The zero-order valence-corrected chi connectivity index (χ0v) is 32.9. The summed E-state index contributed by atoms with van der Waals surface area (Å²) in [7, 11) is 0. The highest BCUT2D eigenvalue weighted by Gasteiger charge is 2.44. The SMILES string of the molecule is C.CC.CC(C)(C)C(CN1C(=O)c2ccccc2C1=O)NC(=O)NC(C(=O)N1CCCC1C(=O)NC(CC1CCC1)C(=O)C(N)=O)C(C)(C)C.CCC. The topological polar surface area (TPSA) is 188 Å². The average molecular weight is 743 g/mol. The smallest absolute Gasteiger partial charge is 0.315 e. The van der Waals surface area contributed by atoms with Crippen LogP contribution in [0.15, 0.2) is 24.3 Å². The number of carbonyl (C=O) groups excluding carboxylic acids is 7. The van der Waals surface area contributed by atoms with Crippen LogP contribution in [0, 0.1) is 16.7 Å². The van der Waals surface area contributed by atoms with Crippen LogP contribution in [0.1, 0.15) is 142 Å². The normalized spacial score (nSPS) is 18.3. The summed E-state index contributed by atoms with van der Waals surface area (Å²) in [4.78, 5) is 93.9. The number of nitrogens with one attached hydrogen (secondary N) is 3. The lowest BCUT2D eigenvalue weighted by molar-refractivity contribution is -0.143. The number of ketones is 1. The first-order chi connectivity index (χ1) is 24.3. The first-order valence-electron chi connectivity index (χ1n) is 18.8. The Morgan fingerprint density at radius 1 is 0.830 bits per heavy atom. The number of likely N-dealkylation sites (tertiary alicyclic amines) is 1. The van der Waals surface area contributed by atoms with Gasteiger partial charge in [0.2, 0.25) is 17.6 Å². The number of hydrogen-bond acceptors (Lipinski definition) is 7. The van der Waals surface area contributed by atoms with E-state index in [1.807, 2.05) is 34.6 Å². The molecular formula is C40H66N6O7. The number of Topliss-reactive ketones (excluding diaryl/α,β-unsaturated/α-hetero) is 1. The van der Waals surface area contributed by atoms with Gasteiger partial charge in [0.1, 0.15) is 12.1 Å². The Morgan fingerprint density at radius 2 is 1.36 bits per heavy atom. The van der Waals surface area contributed by atoms with Gasteiger partial charge in [-0.2, -0.15) is 0 Å². The molecule has 4 unspecified atom stereocenters. The van der Waals surface area contributed by atoms with Crippen molar-refractivity contribution in [3.8, 4) is 0 Å². The summed E-state index contributed by atoms with van der Waals surface area (Å²) in [6.07, 6.45) is 5.29. The summed E-state index contributed by atoms with van der Waals surface area (Å²) in [5.74, 6) is -3.64. The molecule has 2 heterocycles. The van der Waals surface area contributed by atoms with Gasteiger partial charge in [-0.15, -0.1) is 0 Å². The Bertz CT molecular complexity index is 1420. The molecule has 1 saturated carbocycles. The van der Waals surface area contributed by atoms with Crippen molar-refractivity contribution in [2.45, 2.75) is 146 Å². The molecule has 1 aromatic carbocycles. The molecule has 2 aliphatic heterocycles. The number of nitrogens with two attached hydrogens (primary N) is 1. The zero-order valence-electron chi connectivity index (χ0n) is 32.9. The molecule has 0 spiro atoms. The second-order valence-electron chi connectivity index (χ2n) is 15.8. The predicted molar refractivity (Wildman–Crippen MR) is 207 cm³/mol. The van der Waals surface area contributed by atoms with Gasteiger partial charge in [-0.3, -0.25) is 33.7 Å². The van der Waals surface area contributed by atoms with E-state index in [0.717, 1.165) is 24.2 Å². The number of nitrogens with zero attached hydrogens (tertiary/aromatic N) is 2. The third-order valence-electron chi connectivity index (χ3n) is 9.49. The molecule has 4 rings (SSSR count). The Kier molecular flexibility index (Phi) is 17.8. The molecule has 7 amide bonds. The van der Waals surface area contributed by atoms with Crippen molar-refractivity contribution in [1.29, 1.82) is 0 Å². The van der Waals surface area contributed by atoms with Crippen molar-refractivity contribution < 1.29 is 33.6 Å². The minimum Gasteiger partial charge on any atom is -0.363 e. The fraction of sp³-hybridized carbons (Fsp3) is 0.675. The van der Waals surface area contributed by atoms with E-state index in [2.05, 4.69) is 29.8 Å². The van der Waals surface area contributed by atoms with Gasteiger partial charge < -0.3 is 26.6 Å². The van der Waals surface area contributed by atoms with Crippen LogP contribution in [0.5, 0.6) is 0 Å². The van der Waals surface area contributed by atoms with E-state index in [1.165, 1.54) is 11.3 Å². The lowest BCUT2D eigenvalue weighted by Gasteiger charge is -2.37. The summed E-state index contributed by atoms with van der Waals surface area (Å²) >= 11 is 0. The molecule has 298 valence electrons. The highest BCUT2D eigenvalue weighted by atomic mass is 16.2. The molecular weight excluding hydrogens is 676 g/mol. The number of primary amides is 1. The van der Waals surface area contributed by atoms with Gasteiger partial charge in [0.25, 0.3) is 17.7 Å². The zero-order chi connectivity index (χ0) is 39.6. The average Bonchev–Trinajstić information content (AvgIpc) is 3.64. The molecule has 5 N–H and O–H groups in total. The van der Waals surface area contributed by atoms with Crippen molar-refractivity contribution >= 4 is 41.4 Å². The summed E-state index contributed by atoms with van der Waals surface area (Å²) in [6.45, 7) is 19.4. The third-order valence-corrected chi connectivity index (χ3v) is 9.49. The van der Waals surface area contributed by atoms with Crippen molar-refractivity contribution in [2.24, 2.45) is 22.5 Å². The van der Waals surface area contributed by atoms with Crippen molar-refractivity contribution in [3.63, 3.8) is 0 Å². The van der Waals surface area contributed by atoms with Crippen molar-refractivity contribution in [3.05, 3.63) is 35.4 Å². The van der Waals surface area contributed by atoms with Gasteiger partial charge in [0.05, 0.1) is 29.8 Å². The summed E-state index contributed by atoms with van der Waals surface area (Å²) in [5.41, 5.74) is 4.54. The molecule has 0 aromatic heterocycles. The fourth-order valence-electron chi connectivity index (χ4n) is 6.31. The number of carbonyl (C=O) groups is 7. The van der Waals surface area contributed by atoms with E-state index in [-0.39, 0.29) is 26.4 Å². The van der Waals surface area contributed by atoms with Gasteiger partial charge in [-0.25, -0.2) is 4.79 Å². The Labute approximate surface area is 316 Å². The summed E-state index contributed by atoms with van der Waals surface area (Å²) < 4.78 is 0. The van der Waals surface area contributed by atoms with E-state index in [9.17, 15) is 33.6 Å². The highest BCUT2D eigenvalue weighted by Crippen LogP contribution is 2.32. The van der Waals surface area contributed by atoms with Crippen LogP contribution in [-0.2, 0) is 19.2 Å². The van der Waals surface area contributed by atoms with Gasteiger partial charge >= 0.3 is 6.03 Å². The Hall–Kier alpha value is -4.29. The van der Waals surface area contributed by atoms with Gasteiger partial charge in [0, 0.05) is 6.54 Å². The quantitative estimate of drug-likeness (QED) is 0.177. The van der Waals surface area contributed by atoms with Gasteiger partial charge in [-0.1, -0.05) is 114 Å². The van der Waals surface area contributed by atoms with Crippen LogP contribution in [0.4, 0.5) is 4.79 Å². The number of hydrogen-bond donors (Lipinski definition) is 4. The number of benzene rings is 1. The second kappa shape index (κ2) is 20.2. The minimum atomic E-state index is -1.12. The molecule has 53 heavy (non-hydrogen) atoms. The minimum absolute atomic E-state index is 0. The summed E-state index contributed by atoms with van der Waals surface area (Å²) in [5, 5.41) is 8.37. The maximum Gasteiger partial charge on any atom is 0.315 e. The van der Waals surface area contributed by atoms with E-state index >= 15 is 0 Å². The molecule has 4 atom stereocenters. The Morgan fingerprint density at radius 3 is 1.79 bits per heavy atom. The molecule has 3 aliphatic rings. The number of amides is 7. The van der Waals surface area contributed by atoms with Crippen molar-refractivity contribution in [1.82, 2.24) is 25.8 Å². The fourth-order valence-corrected chi connectivity index (χ4v) is 6.31. The monoisotopic (exact) mass is 742 g/mol. The molecule has 0 radical (unpaired) electrons. The van der Waals surface area contributed by atoms with Gasteiger partial charge in [0.15, 0.2) is 0 Å². The van der Waals surface area contributed by atoms with Crippen LogP contribution in [0.3, 0.4) is 0 Å². The first-order valence-corrected chi connectivity index (χ1v) is 18.8. The molecule has 1 aromatic rings. The van der Waals surface area contributed by atoms with E-state index in [0.29, 0.717) is 30.4 Å². The van der Waals surface area contributed by atoms with Gasteiger partial charge in [-0.05, 0) is 48.1 Å². The number of imide groups is 1.